The van der Waals surface area contributed by atoms with E-state index in [1.807, 2.05) is 6.08 Å². The normalized spacial score (nSPS) is 17.4. The summed E-state index contributed by atoms with van der Waals surface area (Å²) in [5.41, 5.74) is 1.25. The second-order valence-electron chi connectivity index (χ2n) is 4.53. The van der Waals surface area contributed by atoms with Crippen LogP contribution in [-0.2, 0) is 9.53 Å². The molecule has 0 radical (unpaired) electrons. The van der Waals surface area contributed by atoms with Crippen molar-refractivity contribution in [3.05, 3.63) is 28.0 Å². The molecule has 0 amide bonds. The van der Waals surface area contributed by atoms with E-state index in [-0.39, 0.29) is 5.78 Å². The molecular weight excluding hydrogens is 246 g/mol. The Kier molecular flexibility index (Phi) is 5.11. The van der Waals surface area contributed by atoms with Gasteiger partial charge >= 0.3 is 0 Å². The van der Waals surface area contributed by atoms with E-state index in [0.29, 0.717) is 6.42 Å². The summed E-state index contributed by atoms with van der Waals surface area (Å²) in [7, 11) is 0. The van der Waals surface area contributed by atoms with Gasteiger partial charge < -0.3 is 4.74 Å². The molecule has 0 saturated carbocycles. The Bertz CT molecular complexity index is 419. The number of morpholine rings is 1. The van der Waals surface area contributed by atoms with E-state index in [1.54, 1.807) is 17.4 Å². The number of ether oxygens (including phenoxy) is 1. The lowest BCUT2D eigenvalue weighted by Gasteiger charge is -2.25. The number of allylic oxidation sites excluding steroid dienone is 1. The van der Waals surface area contributed by atoms with Crippen molar-refractivity contribution in [1.82, 2.24) is 4.90 Å². The van der Waals surface area contributed by atoms with Crippen molar-refractivity contribution in [2.45, 2.75) is 13.3 Å². The fourth-order valence-electron chi connectivity index (χ4n) is 1.89. The third-order valence-electron chi connectivity index (χ3n) is 2.96. The van der Waals surface area contributed by atoms with Gasteiger partial charge in [0.2, 0.25) is 0 Å². The summed E-state index contributed by atoms with van der Waals surface area (Å²) in [4.78, 5) is 15.2. The highest BCUT2D eigenvalue weighted by Crippen LogP contribution is 2.15. The van der Waals surface area contributed by atoms with Crippen LogP contribution >= 0.6 is 11.3 Å². The number of thiophene rings is 1. The van der Waals surface area contributed by atoms with Crippen molar-refractivity contribution in [3.63, 3.8) is 0 Å². The van der Waals surface area contributed by atoms with Crippen molar-refractivity contribution in [2.75, 3.05) is 32.8 Å². The van der Waals surface area contributed by atoms with Crippen LogP contribution in [0.25, 0.3) is 6.08 Å². The van der Waals surface area contributed by atoms with Crippen LogP contribution < -0.4 is 0 Å². The van der Waals surface area contributed by atoms with Crippen molar-refractivity contribution < 1.29 is 9.53 Å². The van der Waals surface area contributed by atoms with Gasteiger partial charge in [-0.15, -0.1) is 11.3 Å². The van der Waals surface area contributed by atoms with Gasteiger partial charge in [0.05, 0.1) is 13.2 Å². The molecule has 0 spiro atoms. The first-order chi connectivity index (χ1) is 8.74. The van der Waals surface area contributed by atoms with Crippen LogP contribution in [0.1, 0.15) is 16.9 Å². The molecule has 0 aliphatic carbocycles. The molecule has 1 aliphatic heterocycles. The lowest BCUT2D eigenvalue weighted by Crippen LogP contribution is -2.37. The minimum atomic E-state index is 0.201. The minimum Gasteiger partial charge on any atom is -0.379 e. The van der Waals surface area contributed by atoms with Crippen molar-refractivity contribution in [3.8, 4) is 0 Å². The molecule has 0 atom stereocenters. The van der Waals surface area contributed by atoms with E-state index >= 15 is 0 Å². The first kappa shape index (κ1) is 13.5. The molecule has 0 unspecified atom stereocenters. The molecule has 2 rings (SSSR count). The standard InChI is InChI=1S/C14H19NO2S/c1-12-10-14(18-11-12)3-2-13(16)4-5-15-6-8-17-9-7-15/h2-3,10-11H,4-9H2,1H3. The molecular formula is C14H19NO2S. The average Bonchev–Trinajstić information content (AvgIpc) is 2.81. The van der Waals surface area contributed by atoms with Crippen molar-refractivity contribution in [2.24, 2.45) is 0 Å². The third kappa shape index (κ3) is 4.37. The Labute approximate surface area is 112 Å². The fraction of sp³-hybridized carbons (Fsp3) is 0.500. The predicted molar refractivity (Wildman–Crippen MR) is 75.0 cm³/mol. The second-order valence-corrected chi connectivity index (χ2v) is 5.47. The van der Waals surface area contributed by atoms with Gasteiger partial charge in [-0.1, -0.05) is 0 Å². The molecule has 0 bridgehead atoms. The van der Waals surface area contributed by atoms with E-state index in [4.69, 9.17) is 4.74 Å². The highest BCUT2D eigenvalue weighted by Gasteiger charge is 2.10. The Morgan fingerprint density at radius 3 is 2.94 bits per heavy atom. The average molecular weight is 265 g/mol. The predicted octanol–water partition coefficient (Wildman–Crippen LogP) is 2.36. The first-order valence-corrected chi connectivity index (χ1v) is 7.18. The summed E-state index contributed by atoms with van der Waals surface area (Å²) in [5, 5.41) is 2.10. The van der Waals surface area contributed by atoms with Crippen LogP contribution in [0.5, 0.6) is 0 Å². The summed E-state index contributed by atoms with van der Waals surface area (Å²) >= 11 is 1.67. The lowest BCUT2D eigenvalue weighted by molar-refractivity contribution is -0.115. The molecule has 2 heterocycles. The highest BCUT2D eigenvalue weighted by atomic mass is 32.1. The van der Waals surface area contributed by atoms with E-state index < -0.39 is 0 Å². The Morgan fingerprint density at radius 1 is 1.50 bits per heavy atom. The summed E-state index contributed by atoms with van der Waals surface area (Å²) < 4.78 is 5.27. The fourth-order valence-corrected chi connectivity index (χ4v) is 2.68. The Balaban J connectivity index is 1.73. The van der Waals surface area contributed by atoms with Gasteiger partial charge in [0, 0.05) is 30.9 Å². The van der Waals surface area contributed by atoms with Gasteiger partial charge in [-0.2, -0.15) is 0 Å². The number of carbonyl (C=O) groups excluding carboxylic acids is 1. The van der Waals surface area contributed by atoms with Crippen LogP contribution in [0.3, 0.4) is 0 Å². The Morgan fingerprint density at radius 2 is 2.28 bits per heavy atom. The van der Waals surface area contributed by atoms with Gasteiger partial charge in [0.1, 0.15) is 0 Å². The maximum Gasteiger partial charge on any atom is 0.157 e. The maximum atomic E-state index is 11.7. The van der Waals surface area contributed by atoms with Crippen molar-refractivity contribution in [1.29, 1.82) is 0 Å². The lowest BCUT2D eigenvalue weighted by atomic mass is 10.2. The molecule has 1 saturated heterocycles. The monoisotopic (exact) mass is 265 g/mol. The second kappa shape index (κ2) is 6.83. The van der Waals surface area contributed by atoms with Crippen LogP contribution in [0.2, 0.25) is 0 Å². The van der Waals surface area contributed by atoms with Gasteiger partial charge in [-0.25, -0.2) is 0 Å². The number of nitrogens with zero attached hydrogens (tertiary/aromatic N) is 1. The van der Waals surface area contributed by atoms with Crippen LogP contribution in [-0.4, -0.2) is 43.5 Å². The molecule has 18 heavy (non-hydrogen) atoms. The number of aryl methyl sites for hydroxylation is 1. The molecule has 0 N–H and O–H groups in total. The van der Waals surface area contributed by atoms with E-state index in [9.17, 15) is 4.79 Å². The zero-order chi connectivity index (χ0) is 12.8. The largest absolute Gasteiger partial charge is 0.379 e. The molecule has 98 valence electrons. The first-order valence-electron chi connectivity index (χ1n) is 6.30. The molecule has 1 aromatic heterocycles. The number of hydrogen-bond acceptors (Lipinski definition) is 4. The minimum absolute atomic E-state index is 0.201. The number of carbonyl (C=O) groups is 1. The molecule has 1 aromatic rings. The topological polar surface area (TPSA) is 29.5 Å². The van der Waals surface area contributed by atoms with Crippen molar-refractivity contribution >= 4 is 23.2 Å². The number of ketones is 1. The van der Waals surface area contributed by atoms with Crippen LogP contribution in [0.15, 0.2) is 17.5 Å². The molecule has 0 aromatic carbocycles. The summed E-state index contributed by atoms with van der Waals surface area (Å²) in [6, 6.07) is 2.09. The van der Waals surface area contributed by atoms with Crippen LogP contribution in [0.4, 0.5) is 0 Å². The van der Waals surface area contributed by atoms with Gasteiger partial charge in [-0.05, 0) is 36.1 Å². The maximum absolute atomic E-state index is 11.7. The summed E-state index contributed by atoms with van der Waals surface area (Å²) in [5.74, 6) is 0.201. The van der Waals surface area contributed by atoms with E-state index in [2.05, 4.69) is 23.3 Å². The van der Waals surface area contributed by atoms with Gasteiger partial charge in [0.25, 0.3) is 0 Å². The van der Waals surface area contributed by atoms with E-state index in [1.165, 1.54) is 5.56 Å². The summed E-state index contributed by atoms with van der Waals surface area (Å²) in [6.07, 6.45) is 4.21. The molecule has 4 heteroatoms. The molecule has 3 nitrogen and oxygen atoms in total. The van der Waals surface area contributed by atoms with Gasteiger partial charge in [0.15, 0.2) is 5.78 Å². The third-order valence-corrected chi connectivity index (χ3v) is 3.98. The van der Waals surface area contributed by atoms with E-state index in [0.717, 1.165) is 37.7 Å². The number of hydrogen-bond donors (Lipinski definition) is 0. The summed E-state index contributed by atoms with van der Waals surface area (Å²) in [6.45, 7) is 6.38. The zero-order valence-corrected chi connectivity index (χ0v) is 11.5. The SMILES string of the molecule is Cc1csc(C=CC(=O)CCN2CCOCC2)c1. The Hall–Kier alpha value is -0.970. The quantitative estimate of drug-likeness (QED) is 0.765. The van der Waals surface area contributed by atoms with Gasteiger partial charge in [-0.3, -0.25) is 9.69 Å². The van der Waals surface area contributed by atoms with Crippen LogP contribution in [0, 0.1) is 6.92 Å². The molecule has 1 aliphatic rings. The molecule has 1 fully saturated rings. The number of rotatable bonds is 5. The smallest absolute Gasteiger partial charge is 0.157 e. The zero-order valence-electron chi connectivity index (χ0n) is 10.7. The highest BCUT2D eigenvalue weighted by molar-refractivity contribution is 7.11.